The molecule has 0 aromatic heterocycles. The Hall–Kier alpha value is -1.39. The third-order valence-electron chi connectivity index (χ3n) is 2.41. The molecule has 1 unspecified atom stereocenters. The van der Waals surface area contributed by atoms with E-state index in [1.165, 1.54) is 19.2 Å². The van der Waals surface area contributed by atoms with Crippen LogP contribution < -0.4 is 4.72 Å². The number of hydrogen-bond donors (Lipinski definition) is 2. The summed E-state index contributed by atoms with van der Waals surface area (Å²) >= 11 is 0. The van der Waals surface area contributed by atoms with Gasteiger partial charge in [0.15, 0.2) is 0 Å². The Labute approximate surface area is 120 Å². The smallest absolute Gasteiger partial charge is 0.240 e. The minimum Gasteiger partial charge on any atom is -0.395 e. The Morgan fingerprint density at radius 2 is 2.00 bits per heavy atom. The predicted octanol–water partition coefficient (Wildman–Crippen LogP) is 0.734. The third kappa shape index (κ3) is 5.31. The van der Waals surface area contributed by atoms with E-state index in [2.05, 4.69) is 16.6 Å². The number of aliphatic hydroxyl groups excluding tert-OH is 1. The zero-order valence-corrected chi connectivity index (χ0v) is 12.4. The van der Waals surface area contributed by atoms with Crippen LogP contribution in [0.1, 0.15) is 18.9 Å². The summed E-state index contributed by atoms with van der Waals surface area (Å²) in [5.74, 6) is 5.62. The van der Waals surface area contributed by atoms with Crippen LogP contribution in [0.3, 0.4) is 0 Å². The van der Waals surface area contributed by atoms with Gasteiger partial charge in [-0.2, -0.15) is 0 Å². The van der Waals surface area contributed by atoms with Crippen molar-refractivity contribution in [2.75, 3.05) is 20.3 Å². The summed E-state index contributed by atoms with van der Waals surface area (Å²) in [6.45, 7) is 2.06. The standard InChI is InChI=1S/C14H19NO4S/c1-12(11-19-2)15-20(17,18)14-8-6-13(7-9-14)5-3-4-10-16/h6-9,12,15-16H,4,10-11H2,1-2H3. The molecule has 0 radical (unpaired) electrons. The van der Waals surface area contributed by atoms with Gasteiger partial charge in [0.2, 0.25) is 10.0 Å². The SMILES string of the molecule is COCC(C)NS(=O)(=O)c1ccc(C#CCCO)cc1. The first-order valence-corrected chi connectivity index (χ1v) is 7.69. The lowest BCUT2D eigenvalue weighted by Crippen LogP contribution is -2.35. The molecule has 6 heteroatoms. The van der Waals surface area contributed by atoms with E-state index >= 15 is 0 Å². The summed E-state index contributed by atoms with van der Waals surface area (Å²) in [7, 11) is -2.02. The molecule has 110 valence electrons. The van der Waals surface area contributed by atoms with E-state index in [0.29, 0.717) is 18.6 Å². The number of nitrogens with one attached hydrogen (secondary N) is 1. The molecule has 0 fully saturated rings. The van der Waals surface area contributed by atoms with Gasteiger partial charge in [0.25, 0.3) is 0 Å². The monoisotopic (exact) mass is 297 g/mol. The first-order chi connectivity index (χ1) is 9.49. The molecule has 0 aliphatic rings. The molecule has 0 bridgehead atoms. The van der Waals surface area contributed by atoms with Gasteiger partial charge in [0.05, 0.1) is 18.1 Å². The molecule has 1 aromatic carbocycles. The average Bonchev–Trinajstić information content (AvgIpc) is 2.39. The summed E-state index contributed by atoms with van der Waals surface area (Å²) in [6.07, 6.45) is 0.399. The summed E-state index contributed by atoms with van der Waals surface area (Å²) in [4.78, 5) is 0.188. The highest BCUT2D eigenvalue weighted by atomic mass is 32.2. The summed E-state index contributed by atoms with van der Waals surface area (Å²) in [5, 5.41) is 8.62. The van der Waals surface area contributed by atoms with Crippen molar-refractivity contribution in [1.29, 1.82) is 0 Å². The minimum atomic E-state index is -3.54. The molecule has 0 aliphatic heterocycles. The summed E-state index contributed by atoms with van der Waals surface area (Å²) < 4.78 is 31.5. The number of benzene rings is 1. The van der Waals surface area contributed by atoms with E-state index in [4.69, 9.17) is 9.84 Å². The fraction of sp³-hybridized carbons (Fsp3) is 0.429. The van der Waals surface area contributed by atoms with Crippen molar-refractivity contribution in [3.8, 4) is 11.8 Å². The number of aliphatic hydroxyl groups is 1. The quantitative estimate of drug-likeness (QED) is 0.759. The molecular formula is C14H19NO4S. The van der Waals surface area contributed by atoms with E-state index in [1.807, 2.05) is 0 Å². The molecule has 0 saturated carbocycles. The van der Waals surface area contributed by atoms with E-state index < -0.39 is 10.0 Å². The molecule has 1 atom stereocenters. The molecule has 1 rings (SSSR count). The van der Waals surface area contributed by atoms with E-state index in [-0.39, 0.29) is 17.5 Å². The fourth-order valence-corrected chi connectivity index (χ4v) is 2.78. The normalized spacial score (nSPS) is 12.6. The molecule has 0 saturated heterocycles. The maximum absolute atomic E-state index is 12.1. The summed E-state index contributed by atoms with van der Waals surface area (Å²) in [6, 6.07) is 5.99. The molecule has 20 heavy (non-hydrogen) atoms. The Bertz CT molecular complexity index is 569. The van der Waals surface area contributed by atoms with E-state index in [0.717, 1.165) is 0 Å². The van der Waals surface area contributed by atoms with Crippen LogP contribution in [0, 0.1) is 11.8 Å². The van der Waals surface area contributed by atoms with Gasteiger partial charge in [-0.05, 0) is 31.2 Å². The molecule has 2 N–H and O–H groups in total. The molecule has 1 aromatic rings. The van der Waals surface area contributed by atoms with Crippen LogP contribution in [0.15, 0.2) is 29.2 Å². The Morgan fingerprint density at radius 1 is 1.35 bits per heavy atom. The van der Waals surface area contributed by atoms with Crippen molar-refractivity contribution in [2.24, 2.45) is 0 Å². The number of sulfonamides is 1. The maximum atomic E-state index is 12.1. The zero-order valence-electron chi connectivity index (χ0n) is 11.6. The zero-order chi connectivity index (χ0) is 15.0. The lowest BCUT2D eigenvalue weighted by Gasteiger charge is -2.13. The number of hydrogen-bond acceptors (Lipinski definition) is 4. The highest BCUT2D eigenvalue weighted by Gasteiger charge is 2.16. The van der Waals surface area contributed by atoms with Gasteiger partial charge < -0.3 is 9.84 Å². The molecule has 0 spiro atoms. The van der Waals surface area contributed by atoms with E-state index in [9.17, 15) is 8.42 Å². The minimum absolute atomic E-state index is 0.0147. The Morgan fingerprint density at radius 3 is 2.55 bits per heavy atom. The van der Waals surface area contributed by atoms with Crippen LogP contribution >= 0.6 is 0 Å². The van der Waals surface area contributed by atoms with Gasteiger partial charge in [-0.1, -0.05) is 11.8 Å². The number of methoxy groups -OCH3 is 1. The molecule has 5 nitrogen and oxygen atoms in total. The van der Waals surface area contributed by atoms with Crippen LogP contribution in [0.4, 0.5) is 0 Å². The lowest BCUT2D eigenvalue weighted by atomic mass is 10.2. The van der Waals surface area contributed by atoms with Crippen molar-refractivity contribution in [2.45, 2.75) is 24.3 Å². The van der Waals surface area contributed by atoms with Crippen molar-refractivity contribution in [3.05, 3.63) is 29.8 Å². The molecule has 0 aliphatic carbocycles. The Balaban J connectivity index is 2.80. The second-order valence-corrected chi connectivity index (χ2v) is 5.99. The van der Waals surface area contributed by atoms with Crippen molar-refractivity contribution in [3.63, 3.8) is 0 Å². The average molecular weight is 297 g/mol. The van der Waals surface area contributed by atoms with Crippen molar-refractivity contribution >= 4 is 10.0 Å². The van der Waals surface area contributed by atoms with Gasteiger partial charge in [-0.3, -0.25) is 0 Å². The highest BCUT2D eigenvalue weighted by molar-refractivity contribution is 7.89. The first-order valence-electron chi connectivity index (χ1n) is 6.20. The van der Waals surface area contributed by atoms with Crippen LogP contribution in [-0.4, -0.2) is 39.9 Å². The van der Waals surface area contributed by atoms with Crippen LogP contribution in [0.25, 0.3) is 0 Å². The molecule has 0 heterocycles. The van der Waals surface area contributed by atoms with Gasteiger partial charge in [0, 0.05) is 25.1 Å². The lowest BCUT2D eigenvalue weighted by molar-refractivity contribution is 0.180. The van der Waals surface area contributed by atoms with Gasteiger partial charge >= 0.3 is 0 Å². The first kappa shape index (κ1) is 16.7. The molecular weight excluding hydrogens is 278 g/mol. The Kier molecular flexibility index (Phi) is 6.68. The topological polar surface area (TPSA) is 75.6 Å². The second-order valence-electron chi connectivity index (χ2n) is 4.28. The van der Waals surface area contributed by atoms with Gasteiger partial charge in [0.1, 0.15) is 0 Å². The molecule has 0 amide bonds. The van der Waals surface area contributed by atoms with Gasteiger partial charge in [-0.15, -0.1) is 0 Å². The highest BCUT2D eigenvalue weighted by Crippen LogP contribution is 2.10. The van der Waals surface area contributed by atoms with Gasteiger partial charge in [-0.25, -0.2) is 13.1 Å². The fourth-order valence-electron chi connectivity index (χ4n) is 1.55. The number of ether oxygens (including phenoxy) is 1. The number of rotatable bonds is 6. The van der Waals surface area contributed by atoms with Crippen LogP contribution in [0.5, 0.6) is 0 Å². The largest absolute Gasteiger partial charge is 0.395 e. The van der Waals surface area contributed by atoms with Crippen LogP contribution in [-0.2, 0) is 14.8 Å². The van der Waals surface area contributed by atoms with Crippen molar-refractivity contribution in [1.82, 2.24) is 4.72 Å². The van der Waals surface area contributed by atoms with E-state index in [1.54, 1.807) is 19.1 Å². The second kappa shape index (κ2) is 8.02. The predicted molar refractivity (Wildman–Crippen MR) is 76.7 cm³/mol. The van der Waals surface area contributed by atoms with Crippen LogP contribution in [0.2, 0.25) is 0 Å². The van der Waals surface area contributed by atoms with Crippen molar-refractivity contribution < 1.29 is 18.3 Å². The third-order valence-corrected chi connectivity index (χ3v) is 4.01. The summed E-state index contributed by atoms with van der Waals surface area (Å²) in [5.41, 5.74) is 0.710. The maximum Gasteiger partial charge on any atom is 0.240 e.